The van der Waals surface area contributed by atoms with Crippen molar-refractivity contribution in [1.29, 1.82) is 0 Å². The maximum atomic E-state index is 12.5. The molecule has 1 aliphatic rings. The van der Waals surface area contributed by atoms with E-state index in [0.29, 0.717) is 6.42 Å². The zero-order chi connectivity index (χ0) is 15.8. The van der Waals surface area contributed by atoms with Crippen LogP contribution in [0.15, 0.2) is 0 Å². The maximum absolute atomic E-state index is 12.5. The highest BCUT2D eigenvalue weighted by Gasteiger charge is 2.33. The lowest BCUT2D eigenvalue weighted by Crippen LogP contribution is -2.33. The van der Waals surface area contributed by atoms with E-state index in [1.165, 1.54) is 6.92 Å². The van der Waals surface area contributed by atoms with Gasteiger partial charge in [-0.1, -0.05) is 0 Å². The molecule has 0 amide bonds. The summed E-state index contributed by atoms with van der Waals surface area (Å²) in [5, 5.41) is 3.74. The first kappa shape index (κ1) is 16.2. The summed E-state index contributed by atoms with van der Waals surface area (Å²) < 4.78 is 61.2. The second-order valence-corrected chi connectivity index (χ2v) is 7.55. The first-order chi connectivity index (χ1) is 9.56. The molecule has 1 aromatic rings. The van der Waals surface area contributed by atoms with Gasteiger partial charge in [-0.15, -0.1) is 0 Å². The molecule has 0 bridgehead atoms. The molecule has 0 radical (unpaired) electrons. The zero-order valence-electron chi connectivity index (χ0n) is 11.8. The lowest BCUT2D eigenvalue weighted by Gasteiger charge is -2.22. The number of nitrogens with zero attached hydrogens (tertiary/aromatic N) is 4. The molecule has 0 saturated carbocycles. The Hall–Kier alpha value is -1.16. The summed E-state index contributed by atoms with van der Waals surface area (Å²) in [7, 11) is -1.34. The summed E-state index contributed by atoms with van der Waals surface area (Å²) in [6.07, 6.45) is -3.88. The molecule has 6 nitrogen and oxygen atoms in total. The Morgan fingerprint density at radius 2 is 2.10 bits per heavy atom. The van der Waals surface area contributed by atoms with Gasteiger partial charge >= 0.3 is 6.18 Å². The van der Waals surface area contributed by atoms with Gasteiger partial charge in [-0.05, 0) is 20.4 Å². The van der Waals surface area contributed by atoms with E-state index >= 15 is 0 Å². The van der Waals surface area contributed by atoms with Gasteiger partial charge < -0.3 is 0 Å². The van der Waals surface area contributed by atoms with E-state index in [9.17, 15) is 21.6 Å². The minimum Gasteiger partial charge on any atom is -0.295 e. The van der Waals surface area contributed by atoms with Crippen molar-refractivity contribution in [3.05, 3.63) is 11.6 Å². The molecule has 0 aromatic carbocycles. The molecule has 2 heterocycles. The monoisotopic (exact) mass is 326 g/mol. The molecule has 1 unspecified atom stereocenters. The lowest BCUT2D eigenvalue weighted by atomic mass is 10.2. The molecule has 120 valence electrons. The zero-order valence-corrected chi connectivity index (χ0v) is 12.6. The minimum absolute atomic E-state index is 0.0376. The van der Waals surface area contributed by atoms with Crippen LogP contribution < -0.4 is 0 Å². The Morgan fingerprint density at radius 1 is 1.43 bits per heavy atom. The maximum Gasteiger partial charge on any atom is 0.408 e. The SMILES string of the molecule is Cc1nc(CN(C)C2CCS(=O)(=O)C2)n(CC(F)(F)F)n1. The molecule has 2 rings (SSSR count). The van der Waals surface area contributed by atoms with E-state index in [1.807, 2.05) is 0 Å². The van der Waals surface area contributed by atoms with Crippen molar-refractivity contribution >= 4 is 9.84 Å². The van der Waals surface area contributed by atoms with E-state index < -0.39 is 22.6 Å². The van der Waals surface area contributed by atoms with Crippen LogP contribution in [0.1, 0.15) is 18.1 Å². The van der Waals surface area contributed by atoms with E-state index in [0.717, 1.165) is 4.68 Å². The first-order valence-corrected chi connectivity index (χ1v) is 8.25. The molecule has 0 aliphatic carbocycles. The van der Waals surface area contributed by atoms with Gasteiger partial charge in [0.25, 0.3) is 0 Å². The van der Waals surface area contributed by atoms with Crippen molar-refractivity contribution < 1.29 is 21.6 Å². The van der Waals surface area contributed by atoms with Crippen molar-refractivity contribution in [3.63, 3.8) is 0 Å². The molecule has 1 aromatic heterocycles. The summed E-state index contributed by atoms with van der Waals surface area (Å²) in [6.45, 7) is 0.466. The summed E-state index contributed by atoms with van der Waals surface area (Å²) in [5.41, 5.74) is 0. The summed E-state index contributed by atoms with van der Waals surface area (Å²) in [5.74, 6) is 0.616. The topological polar surface area (TPSA) is 68.1 Å². The van der Waals surface area contributed by atoms with E-state index in [-0.39, 0.29) is 35.7 Å². The van der Waals surface area contributed by atoms with Crippen LogP contribution in [0.4, 0.5) is 13.2 Å². The number of alkyl halides is 3. The van der Waals surface area contributed by atoms with Gasteiger partial charge in [-0.2, -0.15) is 18.3 Å². The fraction of sp³-hybridized carbons (Fsp3) is 0.818. The number of aryl methyl sites for hydroxylation is 1. The van der Waals surface area contributed by atoms with E-state index in [1.54, 1.807) is 11.9 Å². The van der Waals surface area contributed by atoms with Crippen LogP contribution in [0.25, 0.3) is 0 Å². The minimum atomic E-state index is -4.37. The van der Waals surface area contributed by atoms with E-state index in [4.69, 9.17) is 0 Å². The Balaban J connectivity index is 2.09. The van der Waals surface area contributed by atoms with Crippen LogP contribution in [0.2, 0.25) is 0 Å². The molecule has 1 fully saturated rings. The highest BCUT2D eigenvalue weighted by Crippen LogP contribution is 2.20. The molecule has 10 heteroatoms. The van der Waals surface area contributed by atoms with Crippen molar-refractivity contribution in [3.8, 4) is 0 Å². The fourth-order valence-corrected chi connectivity index (χ4v) is 4.19. The predicted molar refractivity (Wildman–Crippen MR) is 69.3 cm³/mol. The predicted octanol–water partition coefficient (Wildman–Crippen LogP) is 0.768. The van der Waals surface area contributed by atoms with Crippen LogP contribution >= 0.6 is 0 Å². The van der Waals surface area contributed by atoms with Crippen LogP contribution in [-0.2, 0) is 22.9 Å². The third-order valence-electron chi connectivity index (χ3n) is 3.41. The average molecular weight is 326 g/mol. The Kier molecular flexibility index (Phi) is 4.29. The van der Waals surface area contributed by atoms with Crippen LogP contribution in [0.5, 0.6) is 0 Å². The largest absolute Gasteiger partial charge is 0.408 e. The second kappa shape index (κ2) is 5.56. The summed E-state index contributed by atoms with van der Waals surface area (Å²) in [4.78, 5) is 5.73. The summed E-state index contributed by atoms with van der Waals surface area (Å²) >= 11 is 0. The van der Waals surface area contributed by atoms with Gasteiger partial charge in [-0.25, -0.2) is 18.1 Å². The Labute approximate surface area is 120 Å². The fourth-order valence-electron chi connectivity index (χ4n) is 2.39. The van der Waals surface area contributed by atoms with Crippen LogP contribution in [0.3, 0.4) is 0 Å². The Morgan fingerprint density at radius 3 is 2.62 bits per heavy atom. The number of hydrogen-bond donors (Lipinski definition) is 0. The molecular weight excluding hydrogens is 309 g/mol. The standard InChI is InChI=1S/C11H17F3N4O2S/c1-8-15-10(18(16-8)7-11(12,13)14)5-17(2)9-3-4-21(19,20)6-9/h9H,3-7H2,1-2H3. The molecule has 1 saturated heterocycles. The molecule has 0 spiro atoms. The van der Waals surface area contributed by atoms with Gasteiger partial charge in [0.05, 0.1) is 18.1 Å². The Bertz CT molecular complexity index is 611. The average Bonchev–Trinajstić information content (AvgIpc) is 2.80. The van der Waals surface area contributed by atoms with Gasteiger partial charge in [0.2, 0.25) is 0 Å². The number of hydrogen-bond acceptors (Lipinski definition) is 5. The number of aromatic nitrogens is 3. The molecule has 21 heavy (non-hydrogen) atoms. The third-order valence-corrected chi connectivity index (χ3v) is 5.16. The highest BCUT2D eigenvalue weighted by atomic mass is 32.2. The summed E-state index contributed by atoms with van der Waals surface area (Å²) in [6, 6.07) is -0.189. The quantitative estimate of drug-likeness (QED) is 0.817. The molecule has 1 aliphatic heterocycles. The number of rotatable bonds is 4. The normalized spacial score (nSPS) is 22.1. The molecular formula is C11H17F3N4O2S. The van der Waals surface area contributed by atoms with Gasteiger partial charge in [-0.3, -0.25) is 4.90 Å². The van der Waals surface area contributed by atoms with Gasteiger partial charge in [0.15, 0.2) is 9.84 Å². The molecule has 1 atom stereocenters. The second-order valence-electron chi connectivity index (χ2n) is 5.32. The van der Waals surface area contributed by atoms with Crippen molar-refractivity contribution in [2.24, 2.45) is 0 Å². The van der Waals surface area contributed by atoms with Crippen LogP contribution in [0, 0.1) is 6.92 Å². The first-order valence-electron chi connectivity index (χ1n) is 6.43. The van der Waals surface area contributed by atoms with Crippen LogP contribution in [-0.4, -0.2) is 58.9 Å². The number of halogens is 3. The van der Waals surface area contributed by atoms with Gasteiger partial charge in [0, 0.05) is 6.04 Å². The highest BCUT2D eigenvalue weighted by molar-refractivity contribution is 7.91. The molecule has 0 N–H and O–H groups in total. The van der Waals surface area contributed by atoms with Crippen molar-refractivity contribution in [1.82, 2.24) is 19.7 Å². The van der Waals surface area contributed by atoms with Crippen molar-refractivity contribution in [2.75, 3.05) is 18.6 Å². The van der Waals surface area contributed by atoms with Crippen molar-refractivity contribution in [2.45, 2.75) is 38.7 Å². The number of sulfone groups is 1. The smallest absolute Gasteiger partial charge is 0.295 e. The van der Waals surface area contributed by atoms with Gasteiger partial charge in [0.1, 0.15) is 18.2 Å². The third kappa shape index (κ3) is 4.40. The van der Waals surface area contributed by atoms with E-state index in [2.05, 4.69) is 10.1 Å². The lowest BCUT2D eigenvalue weighted by molar-refractivity contribution is -0.143.